The maximum atomic E-state index is 6.81. The first kappa shape index (κ1) is 19.5. The number of aryl methyl sites for hydroxylation is 1. The highest BCUT2D eigenvalue weighted by Crippen LogP contribution is 2.52. The Morgan fingerprint density at radius 1 is 0.742 bits per heavy atom. The summed E-state index contributed by atoms with van der Waals surface area (Å²) in [5.74, 6) is 0.515. The van der Waals surface area contributed by atoms with Gasteiger partial charge in [0.15, 0.2) is 5.60 Å². The largest absolute Gasteiger partial charge is 0.457 e. The number of rotatable bonds is 4. The monoisotopic (exact) mass is 424 g/mol. The lowest BCUT2D eigenvalue weighted by Crippen LogP contribution is -2.34. The van der Waals surface area contributed by atoms with Gasteiger partial charge in [0.25, 0.3) is 0 Å². The number of aromatic nitrogens is 1. The van der Waals surface area contributed by atoms with Crippen molar-refractivity contribution in [2.24, 2.45) is 4.99 Å². The second-order valence-corrected chi connectivity index (χ2v) is 8.00. The number of halogens is 1. The van der Waals surface area contributed by atoms with E-state index >= 15 is 0 Å². The van der Waals surface area contributed by atoms with Gasteiger partial charge in [-0.05, 0) is 25.1 Å². The highest BCUT2D eigenvalue weighted by molar-refractivity contribution is 6.31. The third-order valence-electron chi connectivity index (χ3n) is 5.60. The maximum Gasteiger partial charge on any atom is 0.237 e. The minimum absolute atomic E-state index is 0.372. The second kappa shape index (κ2) is 8.01. The van der Waals surface area contributed by atoms with Gasteiger partial charge in [0.2, 0.25) is 5.90 Å². The Morgan fingerprint density at radius 2 is 1.35 bits per heavy atom. The summed E-state index contributed by atoms with van der Waals surface area (Å²) >= 11 is 6.69. The molecule has 0 amide bonds. The molecule has 4 aromatic rings. The van der Waals surface area contributed by atoms with E-state index in [1.54, 1.807) is 0 Å². The van der Waals surface area contributed by atoms with Crippen LogP contribution >= 0.6 is 11.6 Å². The molecule has 0 fully saturated rings. The SMILES string of the molecule is Cc1cccc(C2=N[C@@H](c3ccccc3Cl)C(c3ccccc3)(c3ccccc3)O2)n1. The molecule has 1 aliphatic rings. The molecule has 0 aliphatic carbocycles. The van der Waals surface area contributed by atoms with Crippen molar-refractivity contribution in [3.8, 4) is 0 Å². The van der Waals surface area contributed by atoms with Gasteiger partial charge in [-0.1, -0.05) is 96.5 Å². The molecule has 1 aromatic heterocycles. The van der Waals surface area contributed by atoms with E-state index < -0.39 is 5.60 Å². The Balaban J connectivity index is 1.79. The first-order valence-corrected chi connectivity index (χ1v) is 10.6. The summed E-state index contributed by atoms with van der Waals surface area (Å²) in [7, 11) is 0. The van der Waals surface area contributed by atoms with E-state index in [1.807, 2.05) is 85.8 Å². The average molecular weight is 425 g/mol. The number of hydrogen-bond donors (Lipinski definition) is 0. The zero-order chi connectivity index (χ0) is 21.3. The molecule has 0 unspecified atom stereocenters. The fourth-order valence-corrected chi connectivity index (χ4v) is 4.42. The van der Waals surface area contributed by atoms with Crippen molar-refractivity contribution in [3.05, 3.63) is 136 Å². The van der Waals surface area contributed by atoms with Crippen molar-refractivity contribution in [3.63, 3.8) is 0 Å². The normalized spacial score (nSPS) is 17.1. The van der Waals surface area contributed by atoms with Gasteiger partial charge in [0.05, 0.1) is 0 Å². The van der Waals surface area contributed by atoms with Crippen LogP contribution in [0.15, 0.2) is 108 Å². The number of hydrogen-bond acceptors (Lipinski definition) is 3. The minimum atomic E-state index is -0.867. The second-order valence-electron chi connectivity index (χ2n) is 7.59. The smallest absolute Gasteiger partial charge is 0.237 e. The summed E-state index contributed by atoms with van der Waals surface area (Å²) in [5.41, 5.74) is 3.70. The molecule has 1 aliphatic heterocycles. The van der Waals surface area contributed by atoms with Crippen LogP contribution in [0.4, 0.5) is 0 Å². The zero-order valence-electron chi connectivity index (χ0n) is 17.1. The van der Waals surface area contributed by atoms with Crippen LogP contribution in [0.2, 0.25) is 5.02 Å². The molecule has 0 radical (unpaired) electrons. The third kappa shape index (κ3) is 3.41. The molecule has 5 rings (SSSR count). The lowest BCUT2D eigenvalue weighted by molar-refractivity contribution is 0.0977. The van der Waals surface area contributed by atoms with Crippen LogP contribution in [-0.2, 0) is 10.3 Å². The highest BCUT2D eigenvalue weighted by atomic mass is 35.5. The topological polar surface area (TPSA) is 34.5 Å². The fraction of sp³-hybridized carbons (Fsp3) is 0.111. The molecule has 31 heavy (non-hydrogen) atoms. The summed E-state index contributed by atoms with van der Waals surface area (Å²) in [4.78, 5) is 9.75. The van der Waals surface area contributed by atoms with E-state index in [0.717, 1.165) is 22.4 Å². The van der Waals surface area contributed by atoms with Crippen LogP contribution in [0.3, 0.4) is 0 Å². The van der Waals surface area contributed by atoms with Gasteiger partial charge in [0, 0.05) is 27.4 Å². The van der Waals surface area contributed by atoms with Crippen LogP contribution in [0.1, 0.15) is 34.1 Å². The molecular formula is C27H21ClN2O. The number of pyridine rings is 1. The first-order chi connectivity index (χ1) is 15.2. The molecular weight excluding hydrogens is 404 g/mol. The van der Waals surface area contributed by atoms with Crippen LogP contribution in [0.25, 0.3) is 0 Å². The molecule has 0 saturated heterocycles. The molecule has 3 nitrogen and oxygen atoms in total. The Hall–Kier alpha value is -3.43. The summed E-state index contributed by atoms with van der Waals surface area (Å²) in [6.45, 7) is 1.96. The summed E-state index contributed by atoms with van der Waals surface area (Å²) in [5, 5.41) is 0.662. The number of ether oxygens (including phenoxy) is 1. The van der Waals surface area contributed by atoms with E-state index in [0.29, 0.717) is 16.6 Å². The van der Waals surface area contributed by atoms with Crippen LogP contribution in [-0.4, -0.2) is 10.9 Å². The van der Waals surface area contributed by atoms with Crippen molar-refractivity contribution in [2.45, 2.75) is 18.6 Å². The van der Waals surface area contributed by atoms with Gasteiger partial charge in [-0.25, -0.2) is 9.98 Å². The van der Waals surface area contributed by atoms with Crippen molar-refractivity contribution in [2.75, 3.05) is 0 Å². The molecule has 0 bridgehead atoms. The lowest BCUT2D eigenvalue weighted by atomic mass is 9.78. The Morgan fingerprint density at radius 3 is 1.97 bits per heavy atom. The maximum absolute atomic E-state index is 6.81. The average Bonchev–Trinajstić information content (AvgIpc) is 3.22. The van der Waals surface area contributed by atoms with Gasteiger partial charge >= 0.3 is 0 Å². The van der Waals surface area contributed by atoms with Gasteiger partial charge in [-0.15, -0.1) is 0 Å². The van der Waals surface area contributed by atoms with E-state index in [-0.39, 0.29) is 6.04 Å². The molecule has 4 heteroatoms. The lowest BCUT2D eigenvalue weighted by Gasteiger charge is -2.35. The van der Waals surface area contributed by atoms with E-state index in [1.165, 1.54) is 0 Å². The quantitative estimate of drug-likeness (QED) is 0.374. The molecule has 1 atom stereocenters. The predicted octanol–water partition coefficient (Wildman–Crippen LogP) is 6.51. The number of nitrogens with zero attached hydrogens (tertiary/aromatic N) is 2. The van der Waals surface area contributed by atoms with Crippen LogP contribution < -0.4 is 0 Å². The van der Waals surface area contributed by atoms with Crippen molar-refractivity contribution < 1.29 is 4.74 Å². The fourth-order valence-electron chi connectivity index (χ4n) is 4.18. The van der Waals surface area contributed by atoms with Gasteiger partial charge in [0.1, 0.15) is 11.7 Å². The van der Waals surface area contributed by atoms with Crippen molar-refractivity contribution in [1.29, 1.82) is 0 Å². The molecule has 2 heterocycles. The van der Waals surface area contributed by atoms with Crippen LogP contribution in [0, 0.1) is 6.92 Å². The van der Waals surface area contributed by atoms with E-state index in [9.17, 15) is 0 Å². The Bertz CT molecular complexity index is 1200. The summed E-state index contributed by atoms with van der Waals surface area (Å²) in [6, 6.07) is 33.8. The summed E-state index contributed by atoms with van der Waals surface area (Å²) < 4.78 is 6.81. The zero-order valence-corrected chi connectivity index (χ0v) is 17.8. The Kier molecular flexibility index (Phi) is 5.05. The van der Waals surface area contributed by atoms with Crippen molar-refractivity contribution >= 4 is 17.5 Å². The van der Waals surface area contributed by atoms with Gasteiger partial charge in [-0.3, -0.25) is 0 Å². The number of benzene rings is 3. The standard InChI is InChI=1S/C27H21ClN2O/c1-19-11-10-18-24(29-19)26-30-25(22-16-8-9-17-23(22)28)27(31-26,20-12-4-2-5-13-20)21-14-6-3-7-15-21/h2-18,25H,1H3/t25-/m0/s1. The minimum Gasteiger partial charge on any atom is -0.457 e. The summed E-state index contributed by atoms with van der Waals surface area (Å²) in [6.07, 6.45) is 0. The molecule has 0 spiro atoms. The van der Waals surface area contributed by atoms with E-state index in [4.69, 9.17) is 21.3 Å². The van der Waals surface area contributed by atoms with E-state index in [2.05, 4.69) is 29.2 Å². The predicted molar refractivity (Wildman–Crippen MR) is 124 cm³/mol. The van der Waals surface area contributed by atoms with Crippen molar-refractivity contribution in [1.82, 2.24) is 4.98 Å². The Labute approximate surface area is 187 Å². The molecule has 152 valence electrons. The molecule has 3 aromatic carbocycles. The number of aliphatic imine (C=N–C) groups is 1. The van der Waals surface area contributed by atoms with Gasteiger partial charge < -0.3 is 4.74 Å². The van der Waals surface area contributed by atoms with Gasteiger partial charge in [-0.2, -0.15) is 0 Å². The molecule has 0 saturated carbocycles. The molecule has 0 N–H and O–H groups in total. The van der Waals surface area contributed by atoms with Crippen LogP contribution in [0.5, 0.6) is 0 Å². The highest BCUT2D eigenvalue weighted by Gasteiger charge is 2.51. The third-order valence-corrected chi connectivity index (χ3v) is 5.95. The first-order valence-electron chi connectivity index (χ1n) is 10.2.